The van der Waals surface area contributed by atoms with Gasteiger partial charge in [-0.05, 0) is 43.6 Å². The molecule has 1 aliphatic rings. The van der Waals surface area contributed by atoms with Gasteiger partial charge in [0.2, 0.25) is 12.3 Å². The smallest absolute Gasteiger partial charge is 0.243 e. The molecule has 2 N–H and O–H groups in total. The van der Waals surface area contributed by atoms with Gasteiger partial charge < -0.3 is 10.6 Å². The Labute approximate surface area is 119 Å². The van der Waals surface area contributed by atoms with Gasteiger partial charge in [0.1, 0.15) is 0 Å². The number of nitrogens with zero attached hydrogens (tertiary/aromatic N) is 1. The van der Waals surface area contributed by atoms with Gasteiger partial charge in [-0.2, -0.15) is 0 Å². The van der Waals surface area contributed by atoms with Crippen molar-refractivity contribution in [2.24, 2.45) is 0 Å². The highest BCUT2D eigenvalue weighted by Crippen LogP contribution is 2.15. The Morgan fingerprint density at radius 3 is 2.50 bits per heavy atom. The lowest BCUT2D eigenvalue weighted by Crippen LogP contribution is -2.29. The number of piperidine rings is 1. The van der Waals surface area contributed by atoms with Crippen molar-refractivity contribution in [2.45, 2.75) is 25.8 Å². The van der Waals surface area contributed by atoms with E-state index < -0.39 is 0 Å². The highest BCUT2D eigenvalue weighted by atomic mass is 16.2. The number of carbonyl (C=O) groups is 2. The van der Waals surface area contributed by atoms with Crippen molar-refractivity contribution in [2.75, 3.05) is 25.0 Å². The van der Waals surface area contributed by atoms with E-state index in [4.69, 9.17) is 0 Å². The minimum atomic E-state index is -0.221. The second-order valence-corrected chi connectivity index (χ2v) is 5.08. The number of nitrogens with one attached hydrogen (secondary N) is 2. The van der Waals surface area contributed by atoms with Gasteiger partial charge in [-0.15, -0.1) is 0 Å². The third kappa shape index (κ3) is 4.66. The maximum absolute atomic E-state index is 11.4. The van der Waals surface area contributed by atoms with Crippen LogP contribution in [-0.2, 0) is 16.1 Å². The molecule has 20 heavy (non-hydrogen) atoms. The van der Waals surface area contributed by atoms with Crippen LogP contribution in [0.15, 0.2) is 24.3 Å². The van der Waals surface area contributed by atoms with Gasteiger partial charge in [-0.1, -0.05) is 18.6 Å². The van der Waals surface area contributed by atoms with E-state index >= 15 is 0 Å². The minimum absolute atomic E-state index is 0.000963. The van der Waals surface area contributed by atoms with Crippen LogP contribution in [0.1, 0.15) is 24.8 Å². The van der Waals surface area contributed by atoms with E-state index in [1.165, 1.54) is 37.9 Å². The zero-order valence-electron chi connectivity index (χ0n) is 11.6. The molecule has 5 heteroatoms. The molecular formula is C15H21N3O2. The van der Waals surface area contributed by atoms with Gasteiger partial charge in [0.25, 0.3) is 0 Å². The van der Waals surface area contributed by atoms with Crippen molar-refractivity contribution in [3.63, 3.8) is 0 Å². The fraction of sp³-hybridized carbons (Fsp3) is 0.467. The Kier molecular flexibility index (Phi) is 5.55. The number of amides is 2. The number of likely N-dealkylation sites (tertiary alicyclic amines) is 1. The molecule has 0 radical (unpaired) electrons. The van der Waals surface area contributed by atoms with Crippen LogP contribution in [-0.4, -0.2) is 36.9 Å². The number of rotatable bonds is 6. The first kappa shape index (κ1) is 14.5. The molecule has 0 unspecified atom stereocenters. The molecule has 2 rings (SSSR count). The monoisotopic (exact) mass is 275 g/mol. The summed E-state index contributed by atoms with van der Waals surface area (Å²) < 4.78 is 0. The average molecular weight is 275 g/mol. The standard InChI is InChI=1S/C15H21N3O2/c19-12-16-10-15(20)17-14-6-4-13(5-7-14)11-18-8-2-1-3-9-18/h4-7,12H,1-3,8-11H2,(H,16,19)(H,17,20). The van der Waals surface area contributed by atoms with Crippen LogP contribution in [0.3, 0.4) is 0 Å². The summed E-state index contributed by atoms with van der Waals surface area (Å²) in [6.45, 7) is 3.33. The van der Waals surface area contributed by atoms with E-state index in [1.807, 2.05) is 24.3 Å². The summed E-state index contributed by atoms with van der Waals surface area (Å²) in [4.78, 5) is 24.0. The third-order valence-corrected chi connectivity index (χ3v) is 3.44. The molecular weight excluding hydrogens is 254 g/mol. The topological polar surface area (TPSA) is 61.4 Å². The summed E-state index contributed by atoms with van der Waals surface area (Å²) >= 11 is 0. The van der Waals surface area contributed by atoms with Crippen LogP contribution in [0, 0.1) is 0 Å². The highest BCUT2D eigenvalue weighted by molar-refractivity contribution is 5.93. The molecule has 0 bridgehead atoms. The zero-order chi connectivity index (χ0) is 14.2. The Hall–Kier alpha value is -1.88. The van der Waals surface area contributed by atoms with E-state index in [0.29, 0.717) is 6.41 Å². The Morgan fingerprint density at radius 2 is 1.85 bits per heavy atom. The van der Waals surface area contributed by atoms with Crippen molar-refractivity contribution < 1.29 is 9.59 Å². The van der Waals surface area contributed by atoms with Crippen molar-refractivity contribution >= 4 is 18.0 Å². The molecule has 5 nitrogen and oxygen atoms in total. The summed E-state index contributed by atoms with van der Waals surface area (Å²) in [6, 6.07) is 7.88. The van der Waals surface area contributed by atoms with Gasteiger partial charge in [0.15, 0.2) is 0 Å². The van der Waals surface area contributed by atoms with Gasteiger partial charge in [-0.25, -0.2) is 0 Å². The molecule has 1 aromatic carbocycles. The molecule has 108 valence electrons. The van der Waals surface area contributed by atoms with Crippen LogP contribution in [0.5, 0.6) is 0 Å². The van der Waals surface area contributed by atoms with Crippen LogP contribution < -0.4 is 10.6 Å². The van der Waals surface area contributed by atoms with Crippen molar-refractivity contribution in [3.8, 4) is 0 Å². The second kappa shape index (κ2) is 7.65. The molecule has 0 atom stereocenters. The van der Waals surface area contributed by atoms with E-state index in [-0.39, 0.29) is 12.5 Å². The molecule has 1 aromatic rings. The molecule has 1 fully saturated rings. The maximum Gasteiger partial charge on any atom is 0.243 e. The Morgan fingerprint density at radius 1 is 1.15 bits per heavy atom. The molecule has 0 saturated carbocycles. The second-order valence-electron chi connectivity index (χ2n) is 5.08. The van der Waals surface area contributed by atoms with Gasteiger partial charge >= 0.3 is 0 Å². The van der Waals surface area contributed by atoms with Crippen LogP contribution in [0.25, 0.3) is 0 Å². The number of carbonyl (C=O) groups excluding carboxylic acids is 2. The summed E-state index contributed by atoms with van der Waals surface area (Å²) in [5.41, 5.74) is 2.01. The molecule has 0 aliphatic carbocycles. The average Bonchev–Trinajstić information content (AvgIpc) is 2.48. The number of hydrogen-bond donors (Lipinski definition) is 2. The zero-order valence-corrected chi connectivity index (χ0v) is 11.6. The number of hydrogen-bond acceptors (Lipinski definition) is 3. The SMILES string of the molecule is O=CNCC(=O)Nc1ccc(CN2CCCCC2)cc1. The molecule has 2 amide bonds. The van der Waals surface area contributed by atoms with E-state index in [9.17, 15) is 9.59 Å². The predicted molar refractivity (Wildman–Crippen MR) is 78.3 cm³/mol. The first-order chi connectivity index (χ1) is 9.78. The Bertz CT molecular complexity index is 439. The first-order valence-corrected chi connectivity index (χ1v) is 7.06. The maximum atomic E-state index is 11.4. The summed E-state index contributed by atoms with van der Waals surface area (Å²) in [7, 11) is 0. The lowest BCUT2D eigenvalue weighted by atomic mass is 10.1. The van der Waals surface area contributed by atoms with Gasteiger partial charge in [0, 0.05) is 12.2 Å². The summed E-state index contributed by atoms with van der Waals surface area (Å²) in [5.74, 6) is -0.221. The fourth-order valence-corrected chi connectivity index (χ4v) is 2.41. The molecule has 1 saturated heterocycles. The quantitative estimate of drug-likeness (QED) is 0.771. The van der Waals surface area contributed by atoms with E-state index in [0.717, 1.165) is 12.2 Å². The molecule has 1 heterocycles. The van der Waals surface area contributed by atoms with Gasteiger partial charge in [-0.3, -0.25) is 14.5 Å². The van der Waals surface area contributed by atoms with Crippen LogP contribution >= 0.6 is 0 Å². The summed E-state index contributed by atoms with van der Waals surface area (Å²) in [6.07, 6.45) is 4.44. The molecule has 0 spiro atoms. The molecule has 0 aromatic heterocycles. The lowest BCUT2D eigenvalue weighted by molar-refractivity contribution is -0.118. The first-order valence-electron chi connectivity index (χ1n) is 7.06. The highest BCUT2D eigenvalue weighted by Gasteiger charge is 2.10. The number of benzene rings is 1. The van der Waals surface area contributed by atoms with Crippen molar-refractivity contribution in [3.05, 3.63) is 29.8 Å². The largest absolute Gasteiger partial charge is 0.350 e. The van der Waals surface area contributed by atoms with Crippen molar-refractivity contribution in [1.82, 2.24) is 10.2 Å². The van der Waals surface area contributed by atoms with Gasteiger partial charge in [0.05, 0.1) is 6.54 Å². The minimum Gasteiger partial charge on any atom is -0.350 e. The van der Waals surface area contributed by atoms with Crippen LogP contribution in [0.4, 0.5) is 5.69 Å². The third-order valence-electron chi connectivity index (χ3n) is 3.44. The number of anilines is 1. The lowest BCUT2D eigenvalue weighted by Gasteiger charge is -2.26. The van der Waals surface area contributed by atoms with Crippen LogP contribution in [0.2, 0.25) is 0 Å². The molecule has 1 aliphatic heterocycles. The predicted octanol–water partition coefficient (Wildman–Crippen LogP) is 1.36. The summed E-state index contributed by atoms with van der Waals surface area (Å²) in [5, 5.41) is 5.07. The van der Waals surface area contributed by atoms with Crippen molar-refractivity contribution in [1.29, 1.82) is 0 Å². The Balaban J connectivity index is 1.82. The van der Waals surface area contributed by atoms with E-state index in [2.05, 4.69) is 15.5 Å². The normalized spacial score (nSPS) is 15.6. The van der Waals surface area contributed by atoms with E-state index in [1.54, 1.807) is 0 Å². The fourth-order valence-electron chi connectivity index (χ4n) is 2.41.